The van der Waals surface area contributed by atoms with Crippen LogP contribution < -0.4 is 0 Å². The zero-order valence-corrected chi connectivity index (χ0v) is 9.12. The first-order valence-electron chi connectivity index (χ1n) is 4.98. The van der Waals surface area contributed by atoms with Gasteiger partial charge in [-0.2, -0.15) is 10.5 Å². The SMILES string of the molecule is Cc1cccc(C(C)(C#N)CCC#N)c1. The smallest absolute Gasteiger partial charge is 0.0804 e. The summed E-state index contributed by atoms with van der Waals surface area (Å²) in [5.74, 6) is 0. The Morgan fingerprint density at radius 1 is 1.33 bits per heavy atom. The van der Waals surface area contributed by atoms with Crippen molar-refractivity contribution >= 4 is 0 Å². The van der Waals surface area contributed by atoms with Crippen LogP contribution in [0.1, 0.15) is 30.9 Å². The Hall–Kier alpha value is -1.80. The summed E-state index contributed by atoms with van der Waals surface area (Å²) in [6, 6.07) is 12.3. The Kier molecular flexibility index (Phi) is 3.47. The molecule has 2 nitrogen and oxygen atoms in total. The molecule has 0 aliphatic rings. The number of nitriles is 2. The third-order valence-corrected chi connectivity index (χ3v) is 2.64. The summed E-state index contributed by atoms with van der Waals surface area (Å²) in [6.45, 7) is 3.89. The van der Waals surface area contributed by atoms with Crippen LogP contribution in [0.15, 0.2) is 24.3 Å². The van der Waals surface area contributed by atoms with Crippen molar-refractivity contribution in [3.8, 4) is 12.1 Å². The number of hydrogen-bond acceptors (Lipinski definition) is 2. The lowest BCUT2D eigenvalue weighted by molar-refractivity contribution is 0.562. The molecule has 1 aromatic rings. The van der Waals surface area contributed by atoms with Gasteiger partial charge in [0.25, 0.3) is 0 Å². The summed E-state index contributed by atoms with van der Waals surface area (Å²) in [7, 11) is 0. The van der Waals surface area contributed by atoms with E-state index in [1.54, 1.807) is 0 Å². The van der Waals surface area contributed by atoms with Gasteiger partial charge in [-0.25, -0.2) is 0 Å². The molecule has 0 fully saturated rings. The van der Waals surface area contributed by atoms with Crippen LogP contribution in [0.2, 0.25) is 0 Å². The highest BCUT2D eigenvalue weighted by Gasteiger charge is 2.25. The molecule has 0 bridgehead atoms. The first-order valence-corrected chi connectivity index (χ1v) is 4.98. The Morgan fingerprint density at radius 3 is 2.60 bits per heavy atom. The molecule has 1 atom stereocenters. The summed E-state index contributed by atoms with van der Waals surface area (Å²) in [5, 5.41) is 17.8. The molecule has 0 saturated heterocycles. The van der Waals surface area contributed by atoms with Crippen molar-refractivity contribution in [2.45, 2.75) is 32.1 Å². The predicted octanol–water partition coefficient (Wildman–Crippen LogP) is 3.08. The minimum Gasteiger partial charge on any atom is -0.198 e. The van der Waals surface area contributed by atoms with E-state index < -0.39 is 5.41 Å². The fraction of sp³-hybridized carbons (Fsp3) is 0.385. The molecule has 0 amide bonds. The van der Waals surface area contributed by atoms with Crippen molar-refractivity contribution in [2.75, 3.05) is 0 Å². The van der Waals surface area contributed by atoms with Crippen molar-refractivity contribution in [1.29, 1.82) is 10.5 Å². The monoisotopic (exact) mass is 198 g/mol. The second-order valence-corrected chi connectivity index (χ2v) is 3.97. The fourth-order valence-electron chi connectivity index (χ4n) is 1.56. The summed E-state index contributed by atoms with van der Waals surface area (Å²) in [4.78, 5) is 0. The van der Waals surface area contributed by atoms with Crippen LogP contribution in [0.5, 0.6) is 0 Å². The number of aryl methyl sites for hydroxylation is 1. The molecular formula is C13H14N2. The number of hydrogen-bond donors (Lipinski definition) is 0. The van der Waals surface area contributed by atoms with E-state index in [0.717, 1.165) is 11.1 Å². The quantitative estimate of drug-likeness (QED) is 0.749. The normalized spacial score (nSPS) is 13.6. The van der Waals surface area contributed by atoms with Crippen LogP contribution >= 0.6 is 0 Å². The highest BCUT2D eigenvalue weighted by Crippen LogP contribution is 2.28. The zero-order chi connectivity index (χ0) is 11.3. The molecule has 0 spiro atoms. The highest BCUT2D eigenvalue weighted by molar-refractivity contribution is 5.34. The third-order valence-electron chi connectivity index (χ3n) is 2.64. The van der Waals surface area contributed by atoms with Gasteiger partial charge in [0, 0.05) is 6.42 Å². The van der Waals surface area contributed by atoms with Gasteiger partial charge in [-0.3, -0.25) is 0 Å². The Balaban J connectivity index is 3.02. The molecule has 0 N–H and O–H groups in total. The number of nitrogens with zero attached hydrogens (tertiary/aromatic N) is 2. The molecule has 1 aromatic carbocycles. The van der Waals surface area contributed by atoms with Crippen molar-refractivity contribution in [2.24, 2.45) is 0 Å². The first kappa shape index (κ1) is 11.3. The second-order valence-electron chi connectivity index (χ2n) is 3.97. The second kappa shape index (κ2) is 4.62. The van der Waals surface area contributed by atoms with E-state index in [9.17, 15) is 5.26 Å². The number of rotatable bonds is 3. The van der Waals surface area contributed by atoms with Gasteiger partial charge in [0.15, 0.2) is 0 Å². The molecule has 1 unspecified atom stereocenters. The van der Waals surface area contributed by atoms with Crippen LogP contribution in [-0.2, 0) is 5.41 Å². The van der Waals surface area contributed by atoms with Gasteiger partial charge in [0.2, 0.25) is 0 Å². The zero-order valence-electron chi connectivity index (χ0n) is 9.12. The summed E-state index contributed by atoms with van der Waals surface area (Å²) < 4.78 is 0. The molecule has 15 heavy (non-hydrogen) atoms. The summed E-state index contributed by atoms with van der Waals surface area (Å²) >= 11 is 0. The minimum absolute atomic E-state index is 0.415. The Morgan fingerprint density at radius 2 is 2.07 bits per heavy atom. The molecule has 76 valence electrons. The van der Waals surface area contributed by atoms with Crippen LogP contribution in [-0.4, -0.2) is 0 Å². The lowest BCUT2D eigenvalue weighted by atomic mass is 9.79. The van der Waals surface area contributed by atoms with Crippen molar-refractivity contribution in [3.63, 3.8) is 0 Å². The van der Waals surface area contributed by atoms with Gasteiger partial charge in [-0.05, 0) is 25.8 Å². The summed E-state index contributed by atoms with van der Waals surface area (Å²) in [5.41, 5.74) is 1.60. The summed E-state index contributed by atoms with van der Waals surface area (Å²) in [6.07, 6.45) is 1.00. The van der Waals surface area contributed by atoms with Crippen molar-refractivity contribution < 1.29 is 0 Å². The molecule has 0 aromatic heterocycles. The topological polar surface area (TPSA) is 47.6 Å². The van der Waals surface area contributed by atoms with Gasteiger partial charge in [0.05, 0.1) is 17.6 Å². The van der Waals surface area contributed by atoms with E-state index in [-0.39, 0.29) is 0 Å². The molecule has 0 heterocycles. The predicted molar refractivity (Wildman–Crippen MR) is 59.0 cm³/mol. The van der Waals surface area contributed by atoms with Gasteiger partial charge >= 0.3 is 0 Å². The van der Waals surface area contributed by atoms with Crippen LogP contribution in [0, 0.1) is 29.6 Å². The number of benzene rings is 1. The van der Waals surface area contributed by atoms with E-state index in [4.69, 9.17) is 5.26 Å². The Labute approximate surface area is 90.8 Å². The van der Waals surface area contributed by atoms with Gasteiger partial charge in [0.1, 0.15) is 0 Å². The molecule has 0 radical (unpaired) electrons. The first-order chi connectivity index (χ1) is 7.12. The average Bonchev–Trinajstić information content (AvgIpc) is 2.26. The van der Waals surface area contributed by atoms with E-state index >= 15 is 0 Å². The van der Waals surface area contributed by atoms with E-state index in [1.807, 2.05) is 38.1 Å². The molecule has 0 aliphatic carbocycles. The largest absolute Gasteiger partial charge is 0.198 e. The Bertz CT molecular complexity index is 423. The van der Waals surface area contributed by atoms with E-state index in [2.05, 4.69) is 12.1 Å². The van der Waals surface area contributed by atoms with E-state index in [1.165, 1.54) is 0 Å². The standard InChI is InChI=1S/C13H14N2/c1-11-5-3-6-12(9-11)13(2,10-15)7-4-8-14/h3,5-6,9H,4,7H2,1-2H3. The van der Waals surface area contributed by atoms with Crippen LogP contribution in [0.4, 0.5) is 0 Å². The maximum atomic E-state index is 9.20. The average molecular weight is 198 g/mol. The van der Waals surface area contributed by atoms with E-state index in [0.29, 0.717) is 12.8 Å². The van der Waals surface area contributed by atoms with Crippen molar-refractivity contribution in [3.05, 3.63) is 35.4 Å². The lowest BCUT2D eigenvalue weighted by Crippen LogP contribution is -2.19. The molecule has 2 heteroatoms. The van der Waals surface area contributed by atoms with Gasteiger partial charge in [-0.15, -0.1) is 0 Å². The maximum Gasteiger partial charge on any atom is 0.0804 e. The van der Waals surface area contributed by atoms with Crippen LogP contribution in [0.25, 0.3) is 0 Å². The third kappa shape index (κ3) is 2.58. The lowest BCUT2D eigenvalue weighted by Gasteiger charge is -2.21. The van der Waals surface area contributed by atoms with Gasteiger partial charge < -0.3 is 0 Å². The molecule has 0 aliphatic heterocycles. The van der Waals surface area contributed by atoms with Crippen molar-refractivity contribution in [1.82, 2.24) is 0 Å². The maximum absolute atomic E-state index is 9.20. The van der Waals surface area contributed by atoms with Crippen LogP contribution in [0.3, 0.4) is 0 Å². The fourth-order valence-corrected chi connectivity index (χ4v) is 1.56. The highest BCUT2D eigenvalue weighted by atomic mass is 14.4. The van der Waals surface area contributed by atoms with Gasteiger partial charge in [-0.1, -0.05) is 29.8 Å². The molecular weight excluding hydrogens is 184 g/mol. The minimum atomic E-state index is -0.540. The molecule has 1 rings (SSSR count). The molecule has 0 saturated carbocycles.